The van der Waals surface area contributed by atoms with Gasteiger partial charge >= 0.3 is 0 Å². The molecule has 2 saturated heterocycles. The Morgan fingerprint density at radius 3 is 2.08 bits per heavy atom. The van der Waals surface area contributed by atoms with Gasteiger partial charge in [0.25, 0.3) is 0 Å². The van der Waals surface area contributed by atoms with Gasteiger partial charge in [0, 0.05) is 18.9 Å². The Hall–Kier alpha value is -0.0800. The van der Waals surface area contributed by atoms with Gasteiger partial charge < -0.3 is 4.48 Å². The summed E-state index contributed by atoms with van der Waals surface area (Å²) in [5, 5.41) is 0. The largest absolute Gasteiger partial charge is 0.328 e. The van der Waals surface area contributed by atoms with Crippen molar-refractivity contribution in [3.63, 3.8) is 0 Å². The maximum Gasteiger partial charge on any atom is 0.0797 e. The zero-order valence-corrected chi connectivity index (χ0v) is 9.13. The summed E-state index contributed by atoms with van der Waals surface area (Å²) in [5.41, 5.74) is 0. The molecule has 2 rings (SSSR count). The van der Waals surface area contributed by atoms with Crippen molar-refractivity contribution < 1.29 is 4.48 Å². The third-order valence-electron chi connectivity index (χ3n) is 3.79. The fourth-order valence-electron chi connectivity index (χ4n) is 2.73. The van der Waals surface area contributed by atoms with Crippen LogP contribution in [0.3, 0.4) is 0 Å². The molecule has 0 bridgehead atoms. The summed E-state index contributed by atoms with van der Waals surface area (Å²) in [6.07, 6.45) is 5.73. The Bertz CT molecular complexity index is 161. The van der Waals surface area contributed by atoms with Crippen molar-refractivity contribution in [1.82, 2.24) is 4.90 Å². The van der Waals surface area contributed by atoms with Gasteiger partial charge in [-0.3, -0.25) is 4.90 Å². The SMILES string of the molecule is C[N+]1(C)CCC(N2CCCC2)CC1. The first kappa shape index (κ1) is 9.47. The molecule has 2 nitrogen and oxygen atoms in total. The van der Waals surface area contributed by atoms with Crippen LogP contribution >= 0.6 is 0 Å². The van der Waals surface area contributed by atoms with Gasteiger partial charge in [-0.1, -0.05) is 0 Å². The van der Waals surface area contributed by atoms with Crippen LogP contribution < -0.4 is 0 Å². The second-order valence-corrected chi connectivity index (χ2v) is 5.36. The molecule has 2 fully saturated rings. The van der Waals surface area contributed by atoms with Crippen LogP contribution in [-0.4, -0.2) is 55.7 Å². The summed E-state index contributed by atoms with van der Waals surface area (Å²) >= 11 is 0. The number of rotatable bonds is 1. The lowest BCUT2D eigenvalue weighted by Crippen LogP contribution is -2.51. The highest BCUT2D eigenvalue weighted by molar-refractivity contribution is 4.78. The van der Waals surface area contributed by atoms with Gasteiger partial charge in [-0.05, 0) is 25.9 Å². The lowest BCUT2D eigenvalue weighted by molar-refractivity contribution is -0.895. The van der Waals surface area contributed by atoms with Gasteiger partial charge in [-0.2, -0.15) is 0 Å². The summed E-state index contributed by atoms with van der Waals surface area (Å²) in [6.45, 7) is 5.50. The average Bonchev–Trinajstić information content (AvgIpc) is 2.56. The molecule has 2 heteroatoms. The van der Waals surface area contributed by atoms with Gasteiger partial charge in [0.05, 0.1) is 27.2 Å². The number of quaternary nitrogens is 1. The summed E-state index contributed by atoms with van der Waals surface area (Å²) in [6, 6.07) is 0.925. The standard InChI is InChI=1S/C11H23N2/c1-13(2)9-5-11(6-10-13)12-7-3-4-8-12/h11H,3-10H2,1-2H3/q+1. The lowest BCUT2D eigenvalue weighted by Gasteiger charge is -2.40. The van der Waals surface area contributed by atoms with Crippen molar-refractivity contribution >= 4 is 0 Å². The smallest absolute Gasteiger partial charge is 0.0797 e. The molecule has 2 heterocycles. The molecule has 0 aliphatic carbocycles. The lowest BCUT2D eigenvalue weighted by atomic mass is 10.0. The topological polar surface area (TPSA) is 3.24 Å². The van der Waals surface area contributed by atoms with E-state index in [-0.39, 0.29) is 0 Å². The Morgan fingerprint density at radius 1 is 1.00 bits per heavy atom. The van der Waals surface area contributed by atoms with E-state index in [1.807, 2.05) is 0 Å². The van der Waals surface area contributed by atoms with Gasteiger partial charge in [0.2, 0.25) is 0 Å². The van der Waals surface area contributed by atoms with Crippen molar-refractivity contribution in [2.45, 2.75) is 31.7 Å². The van der Waals surface area contributed by atoms with E-state index < -0.39 is 0 Å². The zero-order valence-electron chi connectivity index (χ0n) is 9.13. The van der Waals surface area contributed by atoms with Crippen LogP contribution in [0.4, 0.5) is 0 Å². The first-order valence-corrected chi connectivity index (χ1v) is 5.73. The van der Waals surface area contributed by atoms with E-state index in [4.69, 9.17) is 0 Å². The highest BCUT2D eigenvalue weighted by Gasteiger charge is 2.30. The molecular formula is C11H23N2+. The highest BCUT2D eigenvalue weighted by atomic mass is 15.3. The predicted octanol–water partition coefficient (Wildman–Crippen LogP) is 1.32. The predicted molar refractivity (Wildman–Crippen MR) is 55.7 cm³/mol. The molecule has 2 aliphatic rings. The van der Waals surface area contributed by atoms with Crippen LogP contribution in [0.2, 0.25) is 0 Å². The van der Waals surface area contributed by atoms with E-state index in [1.165, 1.54) is 56.3 Å². The van der Waals surface area contributed by atoms with Crippen molar-refractivity contribution in [2.24, 2.45) is 0 Å². The Kier molecular flexibility index (Phi) is 2.61. The normalized spacial score (nSPS) is 30.9. The maximum absolute atomic E-state index is 2.72. The van der Waals surface area contributed by atoms with Gasteiger partial charge in [0.15, 0.2) is 0 Å². The van der Waals surface area contributed by atoms with E-state index in [2.05, 4.69) is 19.0 Å². The fraction of sp³-hybridized carbons (Fsp3) is 1.00. The number of nitrogens with zero attached hydrogens (tertiary/aromatic N) is 2. The summed E-state index contributed by atoms with van der Waals surface area (Å²) < 4.78 is 1.24. The van der Waals surface area contributed by atoms with E-state index in [0.29, 0.717) is 0 Å². The molecular weight excluding hydrogens is 160 g/mol. The zero-order chi connectivity index (χ0) is 9.31. The molecule has 0 aromatic carbocycles. The van der Waals surface area contributed by atoms with Crippen LogP contribution in [-0.2, 0) is 0 Å². The molecule has 13 heavy (non-hydrogen) atoms. The third kappa shape index (κ3) is 2.23. The molecule has 0 radical (unpaired) electrons. The minimum absolute atomic E-state index is 0.925. The van der Waals surface area contributed by atoms with Crippen molar-refractivity contribution in [3.8, 4) is 0 Å². The Morgan fingerprint density at radius 2 is 1.54 bits per heavy atom. The second kappa shape index (κ2) is 3.58. The number of hydrogen-bond donors (Lipinski definition) is 0. The maximum atomic E-state index is 2.72. The van der Waals surface area contributed by atoms with Crippen molar-refractivity contribution in [3.05, 3.63) is 0 Å². The highest BCUT2D eigenvalue weighted by Crippen LogP contribution is 2.22. The van der Waals surface area contributed by atoms with Crippen molar-refractivity contribution in [1.29, 1.82) is 0 Å². The van der Waals surface area contributed by atoms with Crippen LogP contribution in [0.5, 0.6) is 0 Å². The summed E-state index contributed by atoms with van der Waals surface area (Å²) in [4.78, 5) is 2.72. The third-order valence-corrected chi connectivity index (χ3v) is 3.79. The molecule has 0 aromatic heterocycles. The number of likely N-dealkylation sites (tertiary alicyclic amines) is 2. The Balaban J connectivity index is 1.83. The van der Waals surface area contributed by atoms with Gasteiger partial charge in [-0.15, -0.1) is 0 Å². The van der Waals surface area contributed by atoms with Crippen LogP contribution in [0.25, 0.3) is 0 Å². The monoisotopic (exact) mass is 183 g/mol. The average molecular weight is 183 g/mol. The van der Waals surface area contributed by atoms with E-state index in [9.17, 15) is 0 Å². The van der Waals surface area contributed by atoms with Gasteiger partial charge in [-0.25, -0.2) is 0 Å². The molecule has 0 atom stereocenters. The molecule has 0 spiro atoms. The minimum Gasteiger partial charge on any atom is -0.328 e. The molecule has 76 valence electrons. The quantitative estimate of drug-likeness (QED) is 0.554. The molecule has 0 amide bonds. The first-order chi connectivity index (χ1) is 6.17. The molecule has 0 saturated carbocycles. The molecule has 0 N–H and O–H groups in total. The number of piperidine rings is 1. The second-order valence-electron chi connectivity index (χ2n) is 5.36. The Labute approximate surface area is 82.1 Å². The van der Waals surface area contributed by atoms with Crippen molar-refractivity contribution in [2.75, 3.05) is 40.3 Å². The van der Waals surface area contributed by atoms with Crippen LogP contribution in [0.1, 0.15) is 25.7 Å². The molecule has 0 unspecified atom stereocenters. The minimum atomic E-state index is 0.925. The summed E-state index contributed by atoms with van der Waals surface area (Å²) in [7, 11) is 4.72. The van der Waals surface area contributed by atoms with Crippen LogP contribution in [0.15, 0.2) is 0 Å². The van der Waals surface area contributed by atoms with E-state index in [0.717, 1.165) is 6.04 Å². The first-order valence-electron chi connectivity index (χ1n) is 5.73. The van der Waals surface area contributed by atoms with Crippen LogP contribution in [0, 0.1) is 0 Å². The molecule has 0 aromatic rings. The van der Waals surface area contributed by atoms with E-state index in [1.54, 1.807) is 0 Å². The number of hydrogen-bond acceptors (Lipinski definition) is 1. The van der Waals surface area contributed by atoms with E-state index >= 15 is 0 Å². The fourth-order valence-corrected chi connectivity index (χ4v) is 2.73. The van der Waals surface area contributed by atoms with Gasteiger partial charge in [0.1, 0.15) is 0 Å². The molecule has 2 aliphatic heterocycles. The summed E-state index contributed by atoms with van der Waals surface area (Å²) in [5.74, 6) is 0.